The van der Waals surface area contributed by atoms with E-state index in [0.29, 0.717) is 12.5 Å². The van der Waals surface area contributed by atoms with Crippen molar-refractivity contribution in [2.24, 2.45) is 5.92 Å². The molecule has 1 rings (SSSR count). The van der Waals surface area contributed by atoms with Crippen LogP contribution in [-0.2, 0) is 9.53 Å². The highest BCUT2D eigenvalue weighted by Crippen LogP contribution is 2.28. The zero-order valence-electron chi connectivity index (χ0n) is 8.72. The van der Waals surface area contributed by atoms with Gasteiger partial charge in [0.05, 0.1) is 6.61 Å². The summed E-state index contributed by atoms with van der Waals surface area (Å²) in [4.78, 5) is 11.7. The zero-order chi connectivity index (χ0) is 9.90. The molecule has 0 spiro atoms. The molecule has 0 aromatic heterocycles. The summed E-state index contributed by atoms with van der Waals surface area (Å²) in [7, 11) is 0. The van der Waals surface area contributed by atoms with Gasteiger partial charge in [0.15, 0.2) is 0 Å². The van der Waals surface area contributed by atoms with Crippen molar-refractivity contribution in [1.29, 1.82) is 0 Å². The van der Waals surface area contributed by atoms with Crippen LogP contribution in [-0.4, -0.2) is 24.7 Å². The van der Waals surface area contributed by atoms with Gasteiger partial charge in [-0.2, -0.15) is 0 Å². The molecule has 0 aromatic carbocycles. The van der Waals surface area contributed by atoms with Crippen LogP contribution in [0.1, 0.15) is 33.6 Å². The van der Waals surface area contributed by atoms with Gasteiger partial charge in [0.25, 0.3) is 0 Å². The molecular formula is C10H19NO2. The van der Waals surface area contributed by atoms with Crippen molar-refractivity contribution in [3.05, 3.63) is 0 Å². The fraction of sp³-hybridized carbons (Fsp3) is 0.900. The first-order valence-corrected chi connectivity index (χ1v) is 5.05. The van der Waals surface area contributed by atoms with Crippen LogP contribution in [0, 0.1) is 5.92 Å². The van der Waals surface area contributed by atoms with E-state index in [2.05, 4.69) is 19.2 Å². The highest BCUT2D eigenvalue weighted by Gasteiger charge is 2.44. The van der Waals surface area contributed by atoms with Gasteiger partial charge in [-0.1, -0.05) is 13.8 Å². The lowest BCUT2D eigenvalue weighted by molar-refractivity contribution is -0.152. The summed E-state index contributed by atoms with van der Waals surface area (Å²) in [5.41, 5.74) is -0.407. The third-order valence-electron chi connectivity index (χ3n) is 2.81. The average molecular weight is 185 g/mol. The van der Waals surface area contributed by atoms with Crippen LogP contribution >= 0.6 is 0 Å². The Bertz CT molecular complexity index is 183. The summed E-state index contributed by atoms with van der Waals surface area (Å²) in [6.07, 6.45) is 1.97. The van der Waals surface area contributed by atoms with Crippen LogP contribution in [0.5, 0.6) is 0 Å². The normalized spacial score (nSPS) is 28.0. The van der Waals surface area contributed by atoms with E-state index < -0.39 is 5.54 Å². The molecule has 13 heavy (non-hydrogen) atoms. The molecule has 0 amide bonds. The Balaban J connectivity index is 2.72. The summed E-state index contributed by atoms with van der Waals surface area (Å²) in [5, 5.41) is 3.28. The zero-order valence-corrected chi connectivity index (χ0v) is 8.72. The molecule has 1 aliphatic rings. The Morgan fingerprint density at radius 1 is 1.62 bits per heavy atom. The van der Waals surface area contributed by atoms with Gasteiger partial charge in [0, 0.05) is 0 Å². The predicted molar refractivity (Wildman–Crippen MR) is 51.4 cm³/mol. The summed E-state index contributed by atoms with van der Waals surface area (Å²) in [6.45, 7) is 7.37. The number of ether oxygens (including phenoxy) is 1. The van der Waals surface area contributed by atoms with Gasteiger partial charge in [-0.3, -0.25) is 4.79 Å². The summed E-state index contributed by atoms with van der Waals surface area (Å²) >= 11 is 0. The lowest BCUT2D eigenvalue weighted by Gasteiger charge is -2.30. The van der Waals surface area contributed by atoms with Crippen LogP contribution in [0.3, 0.4) is 0 Å². The minimum absolute atomic E-state index is 0.0810. The molecule has 0 unspecified atom stereocenters. The van der Waals surface area contributed by atoms with Gasteiger partial charge in [0.2, 0.25) is 0 Å². The van der Waals surface area contributed by atoms with Crippen molar-refractivity contribution >= 4 is 5.97 Å². The minimum atomic E-state index is -0.407. The maximum absolute atomic E-state index is 11.7. The number of rotatable bonds is 3. The first kappa shape index (κ1) is 10.5. The van der Waals surface area contributed by atoms with Crippen LogP contribution in [0.25, 0.3) is 0 Å². The molecule has 3 heteroatoms. The van der Waals surface area contributed by atoms with Gasteiger partial charge < -0.3 is 10.1 Å². The monoisotopic (exact) mass is 185 g/mol. The molecule has 0 aromatic rings. The molecule has 1 atom stereocenters. The summed E-state index contributed by atoms with van der Waals surface area (Å²) in [5.74, 6) is 0.219. The van der Waals surface area contributed by atoms with Gasteiger partial charge in [-0.25, -0.2) is 0 Å². The van der Waals surface area contributed by atoms with E-state index in [1.807, 2.05) is 6.92 Å². The maximum atomic E-state index is 11.7. The first-order valence-electron chi connectivity index (χ1n) is 5.05. The quantitative estimate of drug-likeness (QED) is 0.674. The summed E-state index contributed by atoms with van der Waals surface area (Å²) in [6, 6.07) is 0. The second-order valence-electron chi connectivity index (χ2n) is 3.88. The Morgan fingerprint density at radius 3 is 2.69 bits per heavy atom. The topological polar surface area (TPSA) is 38.3 Å². The molecule has 1 heterocycles. The van der Waals surface area contributed by atoms with Crippen LogP contribution in [0.15, 0.2) is 0 Å². The van der Waals surface area contributed by atoms with Crippen molar-refractivity contribution in [2.75, 3.05) is 13.2 Å². The number of carbonyl (C=O) groups is 1. The van der Waals surface area contributed by atoms with Crippen LogP contribution in [0.2, 0.25) is 0 Å². The van der Waals surface area contributed by atoms with E-state index in [1.165, 1.54) is 0 Å². The van der Waals surface area contributed by atoms with Crippen molar-refractivity contribution < 1.29 is 9.53 Å². The molecule has 76 valence electrons. The molecule has 0 bridgehead atoms. The Hall–Kier alpha value is -0.570. The standard InChI is InChI=1S/C10H19NO2/c1-4-13-9(12)10(8(2)3)6-5-7-11-10/h8,11H,4-7H2,1-3H3/t10-/m0/s1. The molecule has 0 aliphatic carbocycles. The van der Waals surface area contributed by atoms with Crippen molar-refractivity contribution in [3.8, 4) is 0 Å². The number of carbonyl (C=O) groups excluding carboxylic acids is 1. The van der Waals surface area contributed by atoms with E-state index in [1.54, 1.807) is 0 Å². The third kappa shape index (κ3) is 1.85. The van der Waals surface area contributed by atoms with Crippen molar-refractivity contribution in [1.82, 2.24) is 5.32 Å². The minimum Gasteiger partial charge on any atom is -0.465 e. The largest absolute Gasteiger partial charge is 0.465 e. The highest BCUT2D eigenvalue weighted by molar-refractivity contribution is 5.81. The molecular weight excluding hydrogens is 166 g/mol. The first-order chi connectivity index (χ1) is 6.13. The SMILES string of the molecule is CCOC(=O)[C@@]1(C(C)C)CCCN1. The van der Waals surface area contributed by atoms with Crippen LogP contribution in [0.4, 0.5) is 0 Å². The molecule has 1 N–H and O–H groups in total. The van der Waals surface area contributed by atoms with E-state index in [9.17, 15) is 4.79 Å². The second kappa shape index (κ2) is 4.09. The molecule has 1 fully saturated rings. The smallest absolute Gasteiger partial charge is 0.326 e. The Labute approximate surface area is 79.8 Å². The Kier molecular flexibility index (Phi) is 3.31. The summed E-state index contributed by atoms with van der Waals surface area (Å²) < 4.78 is 5.09. The molecule has 1 aliphatic heterocycles. The lowest BCUT2D eigenvalue weighted by atomic mass is 9.85. The average Bonchev–Trinajstić information content (AvgIpc) is 2.53. The number of hydrogen-bond acceptors (Lipinski definition) is 3. The highest BCUT2D eigenvalue weighted by atomic mass is 16.5. The number of esters is 1. The van der Waals surface area contributed by atoms with Gasteiger partial charge in [-0.15, -0.1) is 0 Å². The molecule has 1 saturated heterocycles. The van der Waals surface area contributed by atoms with Crippen LogP contribution < -0.4 is 5.32 Å². The molecule has 0 radical (unpaired) electrons. The number of hydrogen-bond donors (Lipinski definition) is 1. The van der Waals surface area contributed by atoms with E-state index >= 15 is 0 Å². The molecule has 3 nitrogen and oxygen atoms in total. The second-order valence-corrected chi connectivity index (χ2v) is 3.88. The fourth-order valence-corrected chi connectivity index (χ4v) is 1.93. The van der Waals surface area contributed by atoms with Gasteiger partial charge >= 0.3 is 5.97 Å². The Morgan fingerprint density at radius 2 is 2.31 bits per heavy atom. The van der Waals surface area contributed by atoms with Crippen molar-refractivity contribution in [2.45, 2.75) is 39.2 Å². The maximum Gasteiger partial charge on any atom is 0.326 e. The van der Waals surface area contributed by atoms with E-state index in [0.717, 1.165) is 19.4 Å². The predicted octanol–water partition coefficient (Wildman–Crippen LogP) is 1.33. The number of nitrogens with one attached hydrogen (secondary N) is 1. The fourth-order valence-electron chi connectivity index (χ4n) is 1.93. The van der Waals surface area contributed by atoms with Crippen molar-refractivity contribution in [3.63, 3.8) is 0 Å². The third-order valence-corrected chi connectivity index (χ3v) is 2.81. The van der Waals surface area contributed by atoms with Gasteiger partial charge in [-0.05, 0) is 32.2 Å². The molecule has 0 saturated carbocycles. The van der Waals surface area contributed by atoms with Gasteiger partial charge in [0.1, 0.15) is 5.54 Å². The lowest BCUT2D eigenvalue weighted by Crippen LogP contribution is -2.52. The van der Waals surface area contributed by atoms with E-state index in [4.69, 9.17) is 4.74 Å². The van der Waals surface area contributed by atoms with E-state index in [-0.39, 0.29) is 5.97 Å².